The lowest BCUT2D eigenvalue weighted by molar-refractivity contribution is -0.00916. The van der Waals surface area contributed by atoms with Crippen molar-refractivity contribution in [2.24, 2.45) is 5.41 Å². The molecule has 2 saturated heterocycles. The van der Waals surface area contributed by atoms with Crippen LogP contribution in [0.1, 0.15) is 23.1 Å². The van der Waals surface area contributed by atoms with E-state index in [1.54, 1.807) is 0 Å². The smallest absolute Gasteiger partial charge is 0.155 e. The van der Waals surface area contributed by atoms with Crippen molar-refractivity contribution in [3.8, 4) is 0 Å². The zero-order valence-corrected chi connectivity index (χ0v) is 14.7. The van der Waals surface area contributed by atoms with E-state index in [0.717, 1.165) is 44.4 Å². The van der Waals surface area contributed by atoms with Gasteiger partial charge in [0.25, 0.3) is 0 Å². The second-order valence-corrected chi connectivity index (χ2v) is 7.74. The summed E-state index contributed by atoms with van der Waals surface area (Å²) in [5, 5.41) is 11.9. The number of H-pyrrole nitrogens is 1. The Labute approximate surface area is 146 Å². The summed E-state index contributed by atoms with van der Waals surface area (Å²) in [6.07, 6.45) is 4.00. The van der Waals surface area contributed by atoms with Crippen molar-refractivity contribution in [1.82, 2.24) is 34.6 Å². The number of fused-ring (bicyclic) bond motifs is 1. The highest BCUT2D eigenvalue weighted by Gasteiger charge is 2.54. The lowest BCUT2D eigenvalue weighted by atomic mass is 9.71. The Morgan fingerprint density at radius 2 is 2.16 bits per heavy atom. The Morgan fingerprint density at radius 1 is 1.28 bits per heavy atom. The van der Waals surface area contributed by atoms with Gasteiger partial charge in [0.15, 0.2) is 5.82 Å². The maximum Gasteiger partial charge on any atom is 0.155 e. The molecule has 2 fully saturated rings. The molecule has 1 atom stereocenters. The summed E-state index contributed by atoms with van der Waals surface area (Å²) in [7, 11) is 2.20. The zero-order valence-electron chi connectivity index (χ0n) is 14.7. The molecule has 0 saturated carbocycles. The van der Waals surface area contributed by atoms with Gasteiger partial charge in [0.05, 0.1) is 11.7 Å². The highest BCUT2D eigenvalue weighted by atomic mass is 15.3. The van der Waals surface area contributed by atoms with E-state index in [9.17, 15) is 0 Å². The number of rotatable bonds is 3. The normalized spacial score (nSPS) is 23.5. The molecule has 25 heavy (non-hydrogen) atoms. The van der Waals surface area contributed by atoms with Gasteiger partial charge in [0.1, 0.15) is 5.82 Å². The number of aromatic nitrogens is 5. The fourth-order valence-corrected chi connectivity index (χ4v) is 4.72. The van der Waals surface area contributed by atoms with Crippen LogP contribution in [0.5, 0.6) is 0 Å². The van der Waals surface area contributed by atoms with Gasteiger partial charge in [0, 0.05) is 55.8 Å². The van der Waals surface area contributed by atoms with E-state index in [1.807, 2.05) is 29.9 Å². The Kier molecular flexibility index (Phi) is 3.23. The molecule has 130 valence electrons. The molecule has 5 heterocycles. The number of pyridine rings is 1. The molecule has 3 aromatic rings. The van der Waals surface area contributed by atoms with Gasteiger partial charge in [-0.25, -0.2) is 9.50 Å². The van der Waals surface area contributed by atoms with Gasteiger partial charge < -0.3 is 4.90 Å². The second kappa shape index (κ2) is 5.37. The maximum atomic E-state index is 4.62. The van der Waals surface area contributed by atoms with Crippen LogP contribution in [0.2, 0.25) is 0 Å². The van der Waals surface area contributed by atoms with Crippen LogP contribution in [-0.2, 0) is 6.54 Å². The van der Waals surface area contributed by atoms with Crippen molar-refractivity contribution < 1.29 is 0 Å². The molecule has 0 radical (unpaired) electrons. The van der Waals surface area contributed by atoms with E-state index in [4.69, 9.17) is 0 Å². The molecule has 0 amide bonds. The Bertz CT molecular complexity index is 905. The average Bonchev–Trinajstić information content (AvgIpc) is 3.25. The van der Waals surface area contributed by atoms with Crippen LogP contribution in [0.25, 0.3) is 5.52 Å². The van der Waals surface area contributed by atoms with Crippen LogP contribution >= 0.6 is 0 Å². The monoisotopic (exact) mass is 337 g/mol. The average molecular weight is 337 g/mol. The van der Waals surface area contributed by atoms with Crippen LogP contribution in [0.4, 0.5) is 0 Å². The third-order valence-electron chi connectivity index (χ3n) is 5.72. The summed E-state index contributed by atoms with van der Waals surface area (Å²) < 4.78 is 1.95. The van der Waals surface area contributed by atoms with E-state index in [0.29, 0.717) is 5.92 Å². The summed E-state index contributed by atoms with van der Waals surface area (Å²) in [6.45, 7) is 7.29. The van der Waals surface area contributed by atoms with E-state index >= 15 is 0 Å². The van der Waals surface area contributed by atoms with Crippen LogP contribution in [0.3, 0.4) is 0 Å². The van der Waals surface area contributed by atoms with Crippen LogP contribution < -0.4 is 0 Å². The minimum atomic E-state index is 0.284. The van der Waals surface area contributed by atoms with Crippen LogP contribution in [-0.4, -0.2) is 67.8 Å². The zero-order chi connectivity index (χ0) is 17.0. The van der Waals surface area contributed by atoms with E-state index in [2.05, 4.69) is 49.3 Å². The number of hydrogen-bond acceptors (Lipinski definition) is 5. The van der Waals surface area contributed by atoms with Gasteiger partial charge in [0.2, 0.25) is 0 Å². The van der Waals surface area contributed by atoms with Crippen molar-refractivity contribution in [2.45, 2.75) is 19.4 Å². The van der Waals surface area contributed by atoms with E-state index < -0.39 is 0 Å². The van der Waals surface area contributed by atoms with Gasteiger partial charge in [-0.15, -0.1) is 0 Å². The van der Waals surface area contributed by atoms with E-state index in [-0.39, 0.29) is 5.41 Å². The molecule has 1 N–H and O–H groups in total. The number of likely N-dealkylation sites (N-methyl/N-ethyl adjacent to an activating group) is 1. The minimum absolute atomic E-state index is 0.284. The summed E-state index contributed by atoms with van der Waals surface area (Å²) >= 11 is 0. The number of nitrogens with one attached hydrogen (secondary N) is 1. The van der Waals surface area contributed by atoms with Gasteiger partial charge in [-0.3, -0.25) is 10.00 Å². The maximum absolute atomic E-state index is 4.62. The molecule has 2 aliphatic rings. The summed E-state index contributed by atoms with van der Waals surface area (Å²) in [5.41, 5.74) is 2.78. The minimum Gasteiger partial charge on any atom is -0.305 e. The highest BCUT2D eigenvalue weighted by Crippen LogP contribution is 2.48. The molecule has 3 aromatic heterocycles. The first-order valence-electron chi connectivity index (χ1n) is 8.84. The quantitative estimate of drug-likeness (QED) is 0.780. The van der Waals surface area contributed by atoms with Gasteiger partial charge in [-0.1, -0.05) is 6.07 Å². The Balaban J connectivity index is 1.34. The van der Waals surface area contributed by atoms with Crippen molar-refractivity contribution >= 4 is 5.52 Å². The molecular weight excluding hydrogens is 314 g/mol. The summed E-state index contributed by atoms with van der Waals surface area (Å²) in [4.78, 5) is 9.56. The summed E-state index contributed by atoms with van der Waals surface area (Å²) in [6, 6.07) is 6.23. The fourth-order valence-electron chi connectivity index (χ4n) is 4.72. The highest BCUT2D eigenvalue weighted by molar-refractivity contribution is 5.53. The molecule has 1 spiro atoms. The van der Waals surface area contributed by atoms with Crippen molar-refractivity contribution in [1.29, 1.82) is 0 Å². The standard InChI is InChI=1S/C18H23N7/c1-13-20-17(22-21-13)15-9-23(2)10-18(15)11-24(12-18)8-14-7-19-25-6-4-3-5-16(14)25/h3-7,15H,8-12H2,1-2H3,(H,20,21,22). The first-order chi connectivity index (χ1) is 12.1. The van der Waals surface area contributed by atoms with Crippen LogP contribution in [0.15, 0.2) is 30.6 Å². The van der Waals surface area contributed by atoms with Crippen LogP contribution in [0, 0.1) is 12.3 Å². The van der Waals surface area contributed by atoms with Gasteiger partial charge in [-0.05, 0) is 26.1 Å². The fraction of sp³-hybridized carbons (Fsp3) is 0.500. The van der Waals surface area contributed by atoms with Crippen molar-refractivity contribution in [3.05, 3.63) is 47.8 Å². The number of likely N-dealkylation sites (tertiary alicyclic amines) is 2. The van der Waals surface area contributed by atoms with Crippen molar-refractivity contribution in [2.75, 3.05) is 33.2 Å². The first-order valence-corrected chi connectivity index (χ1v) is 8.84. The third kappa shape index (κ3) is 2.38. The van der Waals surface area contributed by atoms with Gasteiger partial charge in [-0.2, -0.15) is 10.2 Å². The lowest BCUT2D eigenvalue weighted by Crippen LogP contribution is -2.59. The topological polar surface area (TPSA) is 65.3 Å². The number of aromatic amines is 1. The second-order valence-electron chi connectivity index (χ2n) is 7.74. The molecule has 1 unspecified atom stereocenters. The molecular formula is C18H23N7. The number of nitrogens with zero attached hydrogens (tertiary/aromatic N) is 6. The summed E-state index contributed by atoms with van der Waals surface area (Å²) in [5.74, 6) is 2.31. The SMILES string of the molecule is Cc1nc(C2CN(C)CC23CN(Cc2cnn4ccccc24)C3)n[nH]1. The molecule has 5 rings (SSSR count). The number of hydrogen-bond donors (Lipinski definition) is 1. The van der Waals surface area contributed by atoms with Crippen molar-refractivity contribution in [3.63, 3.8) is 0 Å². The number of aryl methyl sites for hydroxylation is 1. The largest absolute Gasteiger partial charge is 0.305 e. The molecule has 0 aliphatic carbocycles. The Morgan fingerprint density at radius 3 is 2.96 bits per heavy atom. The predicted molar refractivity (Wildman–Crippen MR) is 94.3 cm³/mol. The van der Waals surface area contributed by atoms with E-state index in [1.165, 1.54) is 11.1 Å². The predicted octanol–water partition coefficient (Wildman–Crippen LogP) is 1.29. The molecule has 7 nitrogen and oxygen atoms in total. The Hall–Kier alpha value is -2.25. The first kappa shape index (κ1) is 15.0. The third-order valence-corrected chi connectivity index (χ3v) is 5.72. The molecule has 2 aliphatic heterocycles. The molecule has 0 bridgehead atoms. The van der Waals surface area contributed by atoms with Gasteiger partial charge >= 0.3 is 0 Å². The lowest BCUT2D eigenvalue weighted by Gasteiger charge is -2.50. The molecule has 0 aromatic carbocycles. The molecule has 7 heteroatoms.